The Morgan fingerprint density at radius 2 is 1.86 bits per heavy atom. The van der Waals surface area contributed by atoms with Crippen LogP contribution in [-0.4, -0.2) is 14.9 Å². The van der Waals surface area contributed by atoms with E-state index in [1.54, 1.807) is 12.1 Å². The Kier molecular flexibility index (Phi) is 5.03. The first-order chi connectivity index (χ1) is 13.1. The van der Waals surface area contributed by atoms with Gasteiger partial charge in [0.1, 0.15) is 11.4 Å². The molecule has 10 heteroatoms. The molecule has 0 radical (unpaired) electrons. The molecule has 1 aromatic heterocycles. The molecule has 0 bridgehead atoms. The van der Waals surface area contributed by atoms with Crippen LogP contribution < -0.4 is 10.3 Å². The van der Waals surface area contributed by atoms with Gasteiger partial charge in [0.2, 0.25) is 0 Å². The number of para-hydroxylation sites is 2. The van der Waals surface area contributed by atoms with Gasteiger partial charge in [-0.15, -0.1) is 0 Å². The normalized spacial score (nSPS) is 11.5. The third kappa shape index (κ3) is 3.65. The molecule has 0 saturated heterocycles. The van der Waals surface area contributed by atoms with Crippen molar-refractivity contribution in [1.82, 2.24) is 9.78 Å². The Balaban J connectivity index is 2.12. The lowest BCUT2D eigenvalue weighted by molar-refractivity contribution is -0.138. The zero-order valence-corrected chi connectivity index (χ0v) is 14.8. The van der Waals surface area contributed by atoms with Crippen LogP contribution in [0.1, 0.15) is 11.1 Å². The summed E-state index contributed by atoms with van der Waals surface area (Å²) in [6.07, 6.45) is -4.33. The van der Waals surface area contributed by atoms with E-state index in [9.17, 15) is 27.5 Å². The van der Waals surface area contributed by atoms with E-state index in [1.807, 2.05) is 0 Å². The van der Waals surface area contributed by atoms with E-state index in [0.717, 1.165) is 19.1 Å². The summed E-state index contributed by atoms with van der Waals surface area (Å²) in [7, 11) is 0. The molecule has 146 valence electrons. The number of halogens is 5. The average molecular weight is 415 g/mol. The molecular weight excluding hydrogens is 404 g/mol. The topological polar surface area (TPSA) is 64.3 Å². The Labute approximate surface area is 160 Å². The monoisotopic (exact) mass is 414 g/mol. The molecule has 5 nitrogen and oxygen atoms in total. The van der Waals surface area contributed by atoms with Crippen molar-refractivity contribution in [3.05, 3.63) is 74.9 Å². The van der Waals surface area contributed by atoms with E-state index in [2.05, 4.69) is 5.10 Å². The largest absolute Gasteiger partial charge is 0.504 e. The lowest BCUT2D eigenvalue weighted by atomic mass is 10.2. The van der Waals surface area contributed by atoms with Gasteiger partial charge < -0.3 is 9.84 Å². The van der Waals surface area contributed by atoms with Crippen LogP contribution in [0.4, 0.5) is 17.6 Å². The summed E-state index contributed by atoms with van der Waals surface area (Å²) in [4.78, 5) is 12.3. The summed E-state index contributed by atoms with van der Waals surface area (Å²) in [6.45, 7) is 0.969. The van der Waals surface area contributed by atoms with Gasteiger partial charge in [-0.2, -0.15) is 23.0 Å². The highest BCUT2D eigenvalue weighted by molar-refractivity contribution is 6.32. The molecule has 0 atom stereocenters. The minimum absolute atomic E-state index is 0.00543. The van der Waals surface area contributed by atoms with Gasteiger partial charge in [-0.25, -0.2) is 4.39 Å². The van der Waals surface area contributed by atoms with Gasteiger partial charge in [0, 0.05) is 11.6 Å². The highest BCUT2D eigenvalue weighted by Crippen LogP contribution is 2.36. The lowest BCUT2D eigenvalue weighted by Crippen LogP contribution is -2.27. The van der Waals surface area contributed by atoms with Crippen molar-refractivity contribution >= 4 is 11.6 Å². The fourth-order valence-corrected chi connectivity index (χ4v) is 2.61. The van der Waals surface area contributed by atoms with Crippen molar-refractivity contribution in [1.29, 1.82) is 0 Å². The number of aromatic hydroxyl groups is 1. The van der Waals surface area contributed by atoms with Crippen LogP contribution in [0.2, 0.25) is 5.02 Å². The smallest absolute Gasteiger partial charge is 0.418 e. The van der Waals surface area contributed by atoms with E-state index in [-0.39, 0.29) is 22.3 Å². The first kappa shape index (κ1) is 19.7. The molecular formula is C18H11ClF4N2O3. The van der Waals surface area contributed by atoms with Crippen LogP contribution in [0, 0.1) is 12.7 Å². The number of hydrogen-bond acceptors (Lipinski definition) is 4. The second kappa shape index (κ2) is 7.16. The maximum atomic E-state index is 14.4. The summed E-state index contributed by atoms with van der Waals surface area (Å²) in [5.74, 6) is -1.34. The summed E-state index contributed by atoms with van der Waals surface area (Å²) in [5, 5.41) is 13.0. The van der Waals surface area contributed by atoms with Crippen molar-refractivity contribution in [2.75, 3.05) is 0 Å². The molecule has 0 spiro atoms. The molecule has 0 unspecified atom stereocenters. The van der Waals surface area contributed by atoms with Gasteiger partial charge in [0.15, 0.2) is 17.3 Å². The van der Waals surface area contributed by atoms with Crippen LogP contribution in [-0.2, 0) is 6.18 Å². The molecule has 28 heavy (non-hydrogen) atoms. The highest BCUT2D eigenvalue weighted by atomic mass is 35.5. The predicted octanol–water partition coefficient (Wildman–Crippen LogP) is 4.85. The molecule has 1 N–H and O–H groups in total. The second-order valence-corrected chi connectivity index (χ2v) is 6.11. The minimum atomic E-state index is -4.77. The molecule has 0 fully saturated rings. The van der Waals surface area contributed by atoms with Crippen molar-refractivity contribution in [3.8, 4) is 22.9 Å². The molecule has 0 aliphatic heterocycles. The molecule has 0 aliphatic carbocycles. The molecule has 3 rings (SSSR count). The third-order valence-corrected chi connectivity index (χ3v) is 4.13. The number of rotatable bonds is 3. The number of phenolic OH excluding ortho intramolecular Hbond substituents is 1. The lowest BCUT2D eigenvalue weighted by Gasteiger charge is -2.14. The number of ether oxygens (including phenoxy) is 1. The number of benzene rings is 2. The van der Waals surface area contributed by atoms with Gasteiger partial charge >= 0.3 is 6.18 Å². The quantitative estimate of drug-likeness (QED) is 0.622. The van der Waals surface area contributed by atoms with Crippen LogP contribution >= 0.6 is 11.6 Å². The summed E-state index contributed by atoms with van der Waals surface area (Å²) in [5.41, 5.74) is -3.46. The van der Waals surface area contributed by atoms with Crippen molar-refractivity contribution in [2.45, 2.75) is 13.1 Å². The number of nitrogens with zero attached hydrogens (tertiary/aromatic N) is 2. The second-order valence-electron chi connectivity index (χ2n) is 5.70. The van der Waals surface area contributed by atoms with Gasteiger partial charge in [0.05, 0.1) is 16.8 Å². The van der Waals surface area contributed by atoms with Crippen LogP contribution in [0.5, 0.6) is 17.2 Å². The first-order valence-corrected chi connectivity index (χ1v) is 8.08. The van der Waals surface area contributed by atoms with Crippen molar-refractivity contribution in [3.63, 3.8) is 0 Å². The third-order valence-electron chi connectivity index (χ3n) is 3.84. The van der Waals surface area contributed by atoms with E-state index in [0.29, 0.717) is 10.9 Å². The van der Waals surface area contributed by atoms with E-state index < -0.39 is 34.4 Å². The summed E-state index contributed by atoms with van der Waals surface area (Å²) >= 11 is 5.94. The summed E-state index contributed by atoms with van der Waals surface area (Å²) < 4.78 is 59.0. The number of aromatic nitrogens is 2. The van der Waals surface area contributed by atoms with Gasteiger partial charge in [0.25, 0.3) is 5.56 Å². The zero-order valence-electron chi connectivity index (χ0n) is 14.1. The molecule has 0 saturated carbocycles. The maximum Gasteiger partial charge on any atom is 0.418 e. The Morgan fingerprint density at radius 1 is 1.18 bits per heavy atom. The molecule has 2 aromatic carbocycles. The van der Waals surface area contributed by atoms with E-state index in [1.165, 1.54) is 12.1 Å². The number of alkyl halides is 3. The standard InChI is InChI=1S/C18H11ClF4N2O3/c1-9-10(18(21,22)23)8-24-25(17(9)27)13-7-16(11(19)6-12(13)20)28-15-5-3-2-4-14(15)26/h2-8,26H,1H3. The minimum Gasteiger partial charge on any atom is -0.504 e. The Morgan fingerprint density at radius 3 is 2.50 bits per heavy atom. The zero-order chi connectivity index (χ0) is 20.6. The molecule has 1 heterocycles. The summed E-state index contributed by atoms with van der Waals surface area (Å²) in [6, 6.07) is 7.71. The highest BCUT2D eigenvalue weighted by Gasteiger charge is 2.34. The van der Waals surface area contributed by atoms with Crippen molar-refractivity contribution in [2.24, 2.45) is 0 Å². The number of phenols is 1. The first-order valence-electron chi connectivity index (χ1n) is 7.71. The van der Waals surface area contributed by atoms with Crippen LogP contribution in [0.15, 0.2) is 47.4 Å². The number of hydrogen-bond donors (Lipinski definition) is 1. The average Bonchev–Trinajstić information content (AvgIpc) is 2.60. The Bertz CT molecular complexity index is 1110. The molecule has 0 aliphatic rings. The van der Waals surface area contributed by atoms with E-state index >= 15 is 0 Å². The Hall–Kier alpha value is -3.07. The van der Waals surface area contributed by atoms with Crippen molar-refractivity contribution < 1.29 is 27.4 Å². The predicted molar refractivity (Wildman–Crippen MR) is 92.7 cm³/mol. The van der Waals surface area contributed by atoms with Gasteiger partial charge in [-0.1, -0.05) is 23.7 Å². The fraction of sp³-hybridized carbons (Fsp3) is 0.111. The van der Waals surface area contributed by atoms with Crippen LogP contribution in [0.25, 0.3) is 5.69 Å². The molecule has 0 amide bonds. The fourth-order valence-electron chi connectivity index (χ4n) is 2.42. The van der Waals surface area contributed by atoms with Gasteiger partial charge in [-0.3, -0.25) is 4.79 Å². The maximum absolute atomic E-state index is 14.4. The molecule has 3 aromatic rings. The van der Waals surface area contributed by atoms with Crippen LogP contribution in [0.3, 0.4) is 0 Å². The van der Waals surface area contributed by atoms with E-state index in [4.69, 9.17) is 16.3 Å². The SMILES string of the molecule is Cc1c(C(F)(F)F)cnn(-c2cc(Oc3ccccc3O)c(Cl)cc2F)c1=O. The van der Waals surface area contributed by atoms with Gasteiger partial charge in [-0.05, 0) is 25.1 Å².